The fourth-order valence-corrected chi connectivity index (χ4v) is 5.32. The minimum absolute atomic E-state index is 0.309. The van der Waals surface area contributed by atoms with E-state index in [4.69, 9.17) is 4.99 Å². The van der Waals surface area contributed by atoms with Crippen LogP contribution in [0.15, 0.2) is 29.3 Å². The minimum Gasteiger partial charge on any atom is -0.356 e. The van der Waals surface area contributed by atoms with E-state index in [9.17, 15) is 4.79 Å². The molecule has 6 nitrogen and oxygen atoms in total. The standard InChI is InChI=1S/C23H31N5OS/c1-4-24-23(25-14-21-16(2)26-17(3)30-21)28-15-18(19-8-5-6-9-20(19)28)11-13-27-12-7-10-22(27)29/h5-6,8-9,18H,4,7,10-15H2,1-3H3,(H,24,25). The lowest BCUT2D eigenvalue weighted by Crippen LogP contribution is -2.41. The summed E-state index contributed by atoms with van der Waals surface area (Å²) in [6.45, 7) is 10.3. The summed E-state index contributed by atoms with van der Waals surface area (Å²) in [7, 11) is 0. The number of nitrogens with one attached hydrogen (secondary N) is 1. The maximum absolute atomic E-state index is 12.0. The number of fused-ring (bicyclic) bond motifs is 1. The zero-order chi connectivity index (χ0) is 21.1. The molecule has 2 aliphatic rings. The van der Waals surface area contributed by atoms with Crippen molar-refractivity contribution in [2.45, 2.75) is 52.5 Å². The molecule has 1 unspecified atom stereocenters. The number of hydrogen-bond donors (Lipinski definition) is 1. The summed E-state index contributed by atoms with van der Waals surface area (Å²) in [5.41, 5.74) is 3.67. The Kier molecular flexibility index (Phi) is 6.37. The van der Waals surface area contributed by atoms with E-state index in [0.717, 1.165) is 55.7 Å². The van der Waals surface area contributed by atoms with Gasteiger partial charge in [-0.3, -0.25) is 4.79 Å². The molecular formula is C23H31N5OS. The number of guanidine groups is 1. The zero-order valence-electron chi connectivity index (χ0n) is 18.1. The second-order valence-electron chi connectivity index (χ2n) is 8.05. The average molecular weight is 426 g/mol. The van der Waals surface area contributed by atoms with E-state index in [2.05, 4.69) is 53.3 Å². The number of benzene rings is 1. The van der Waals surface area contributed by atoms with Gasteiger partial charge in [0.15, 0.2) is 5.96 Å². The van der Waals surface area contributed by atoms with Crippen LogP contribution in [0.3, 0.4) is 0 Å². The predicted octanol–water partition coefficient (Wildman–Crippen LogP) is 3.84. The Hall–Kier alpha value is -2.41. The second kappa shape index (κ2) is 9.16. The number of amides is 1. The number of carbonyl (C=O) groups excluding carboxylic acids is 1. The highest BCUT2D eigenvalue weighted by molar-refractivity contribution is 7.11. The molecule has 4 rings (SSSR count). The molecule has 1 atom stereocenters. The van der Waals surface area contributed by atoms with Crippen LogP contribution in [0.2, 0.25) is 0 Å². The van der Waals surface area contributed by atoms with Crippen molar-refractivity contribution in [2.75, 3.05) is 31.1 Å². The van der Waals surface area contributed by atoms with E-state index >= 15 is 0 Å². The fourth-order valence-electron chi connectivity index (χ4n) is 4.46. The monoisotopic (exact) mass is 425 g/mol. The van der Waals surface area contributed by atoms with Gasteiger partial charge in [0.25, 0.3) is 0 Å². The van der Waals surface area contributed by atoms with Gasteiger partial charge in [-0.2, -0.15) is 0 Å². The van der Waals surface area contributed by atoms with Gasteiger partial charge in [-0.05, 0) is 45.2 Å². The molecule has 2 aromatic rings. The Labute approximate surface area is 183 Å². The number of carbonyl (C=O) groups is 1. The smallest absolute Gasteiger partial charge is 0.222 e. The van der Waals surface area contributed by atoms with Crippen molar-refractivity contribution in [2.24, 2.45) is 4.99 Å². The zero-order valence-corrected chi connectivity index (χ0v) is 19.0. The van der Waals surface area contributed by atoms with Gasteiger partial charge in [0.2, 0.25) is 5.91 Å². The van der Waals surface area contributed by atoms with Crippen molar-refractivity contribution in [1.82, 2.24) is 15.2 Å². The molecule has 1 aromatic carbocycles. The maximum Gasteiger partial charge on any atom is 0.222 e. The summed E-state index contributed by atoms with van der Waals surface area (Å²) in [6.07, 6.45) is 2.70. The lowest BCUT2D eigenvalue weighted by Gasteiger charge is -2.23. The van der Waals surface area contributed by atoms with Crippen LogP contribution in [0.25, 0.3) is 0 Å². The topological polar surface area (TPSA) is 60.8 Å². The van der Waals surface area contributed by atoms with Gasteiger partial charge in [0, 0.05) is 49.1 Å². The van der Waals surface area contributed by atoms with Crippen LogP contribution < -0.4 is 10.2 Å². The first-order valence-electron chi connectivity index (χ1n) is 10.9. The first-order chi connectivity index (χ1) is 14.6. The van der Waals surface area contributed by atoms with Crippen molar-refractivity contribution >= 4 is 28.9 Å². The van der Waals surface area contributed by atoms with Crippen LogP contribution in [0, 0.1) is 13.8 Å². The SMILES string of the molecule is CCNC(=NCc1sc(C)nc1C)N1CC(CCN2CCCC2=O)c2ccccc21. The average Bonchev–Trinajstić information content (AvgIpc) is 3.40. The van der Waals surface area contributed by atoms with Crippen LogP contribution in [0.4, 0.5) is 5.69 Å². The first kappa shape index (κ1) is 20.8. The number of hydrogen-bond acceptors (Lipinski definition) is 4. The van der Waals surface area contributed by atoms with Crippen LogP contribution in [-0.2, 0) is 11.3 Å². The number of likely N-dealkylation sites (tertiary alicyclic amines) is 1. The normalized spacial score (nSPS) is 19.0. The van der Waals surface area contributed by atoms with Crippen molar-refractivity contribution in [1.29, 1.82) is 0 Å². The van der Waals surface area contributed by atoms with E-state index in [1.54, 1.807) is 11.3 Å². The number of nitrogens with zero attached hydrogens (tertiary/aromatic N) is 4. The van der Waals surface area contributed by atoms with Crippen LogP contribution in [0.1, 0.15) is 53.2 Å². The van der Waals surface area contributed by atoms with Gasteiger partial charge in [0.1, 0.15) is 0 Å². The predicted molar refractivity (Wildman–Crippen MR) is 123 cm³/mol. The van der Waals surface area contributed by atoms with Gasteiger partial charge in [-0.15, -0.1) is 11.3 Å². The largest absolute Gasteiger partial charge is 0.356 e. The molecule has 1 fully saturated rings. The third kappa shape index (κ3) is 4.36. The van der Waals surface area contributed by atoms with Crippen molar-refractivity contribution < 1.29 is 4.79 Å². The molecule has 7 heteroatoms. The lowest BCUT2D eigenvalue weighted by molar-refractivity contribution is -0.127. The minimum atomic E-state index is 0.309. The summed E-state index contributed by atoms with van der Waals surface area (Å²) in [6, 6.07) is 8.62. The number of thiazole rings is 1. The van der Waals surface area contributed by atoms with E-state index in [0.29, 0.717) is 24.8 Å². The molecule has 160 valence electrons. The number of rotatable bonds is 6. The quantitative estimate of drug-likeness (QED) is 0.564. The summed E-state index contributed by atoms with van der Waals surface area (Å²) in [5.74, 6) is 1.64. The van der Waals surface area contributed by atoms with Crippen molar-refractivity contribution in [3.63, 3.8) is 0 Å². The van der Waals surface area contributed by atoms with Gasteiger partial charge in [-0.1, -0.05) is 18.2 Å². The lowest BCUT2D eigenvalue weighted by atomic mass is 9.98. The van der Waals surface area contributed by atoms with Crippen molar-refractivity contribution in [3.8, 4) is 0 Å². The third-order valence-electron chi connectivity index (χ3n) is 5.95. The number of aromatic nitrogens is 1. The molecule has 1 saturated heterocycles. The summed E-state index contributed by atoms with van der Waals surface area (Å²) in [5, 5.41) is 4.57. The molecule has 0 bridgehead atoms. The van der Waals surface area contributed by atoms with Gasteiger partial charge >= 0.3 is 0 Å². The summed E-state index contributed by atoms with van der Waals surface area (Å²) < 4.78 is 0. The van der Waals surface area contributed by atoms with Crippen LogP contribution >= 0.6 is 11.3 Å². The highest BCUT2D eigenvalue weighted by atomic mass is 32.1. The summed E-state index contributed by atoms with van der Waals surface area (Å²) >= 11 is 1.72. The van der Waals surface area contributed by atoms with Gasteiger partial charge < -0.3 is 15.1 Å². The molecule has 30 heavy (non-hydrogen) atoms. The Bertz CT molecular complexity index is 937. The number of aryl methyl sites for hydroxylation is 2. The van der Waals surface area contributed by atoms with E-state index in [1.165, 1.54) is 16.1 Å². The molecule has 2 aliphatic heterocycles. The van der Waals surface area contributed by atoms with E-state index in [-0.39, 0.29) is 0 Å². The molecule has 0 spiro atoms. The Morgan fingerprint density at radius 1 is 1.33 bits per heavy atom. The van der Waals surface area contributed by atoms with Crippen LogP contribution in [0.5, 0.6) is 0 Å². The highest BCUT2D eigenvalue weighted by Crippen LogP contribution is 2.38. The maximum atomic E-state index is 12.0. The Morgan fingerprint density at radius 3 is 2.87 bits per heavy atom. The molecule has 1 N–H and O–H groups in total. The van der Waals surface area contributed by atoms with E-state index < -0.39 is 0 Å². The van der Waals surface area contributed by atoms with Gasteiger partial charge in [0.05, 0.1) is 17.2 Å². The molecule has 1 aromatic heterocycles. The summed E-state index contributed by atoms with van der Waals surface area (Å²) in [4.78, 5) is 27.1. The Morgan fingerprint density at radius 2 is 2.17 bits per heavy atom. The van der Waals surface area contributed by atoms with Crippen molar-refractivity contribution in [3.05, 3.63) is 45.4 Å². The number of anilines is 1. The molecule has 1 amide bonds. The van der Waals surface area contributed by atoms with Crippen LogP contribution in [-0.4, -0.2) is 47.9 Å². The Balaban J connectivity index is 1.53. The second-order valence-corrected chi connectivity index (χ2v) is 9.34. The molecule has 3 heterocycles. The fraction of sp³-hybridized carbons (Fsp3) is 0.522. The first-order valence-corrected chi connectivity index (χ1v) is 11.7. The molecule has 0 aliphatic carbocycles. The van der Waals surface area contributed by atoms with Gasteiger partial charge in [-0.25, -0.2) is 9.98 Å². The third-order valence-corrected chi connectivity index (χ3v) is 7.01. The molecule has 0 radical (unpaired) electrons. The molecule has 0 saturated carbocycles. The van der Waals surface area contributed by atoms with E-state index in [1.807, 2.05) is 11.8 Å². The molecular weight excluding hydrogens is 394 g/mol. The highest BCUT2D eigenvalue weighted by Gasteiger charge is 2.32. The number of aliphatic imine (C=N–C) groups is 1. The number of para-hydroxylation sites is 1.